The Hall–Kier alpha value is -8.46. The molecule has 0 aliphatic carbocycles. The number of furan rings is 1. The van der Waals surface area contributed by atoms with Crippen LogP contribution in [0.4, 0.5) is 17.1 Å². The molecular formula is C62H41NO. The Kier molecular flexibility index (Phi) is 9.20. The smallest absolute Gasteiger partial charge is 0.143 e. The molecule has 0 saturated heterocycles. The maximum Gasteiger partial charge on any atom is 0.143 e. The van der Waals surface area contributed by atoms with Gasteiger partial charge in [0.2, 0.25) is 0 Å². The zero-order valence-corrected chi connectivity index (χ0v) is 35.0. The highest BCUT2D eigenvalue weighted by molar-refractivity contribution is 6.19. The largest absolute Gasteiger partial charge is 0.455 e. The first kappa shape index (κ1) is 37.3. The summed E-state index contributed by atoms with van der Waals surface area (Å²) in [5.74, 6) is 0. The van der Waals surface area contributed by atoms with Crippen molar-refractivity contribution in [2.75, 3.05) is 4.90 Å². The molecule has 0 fully saturated rings. The maximum absolute atomic E-state index is 6.59. The van der Waals surface area contributed by atoms with Gasteiger partial charge in [-0.3, -0.25) is 0 Å². The molecule has 0 aliphatic rings. The first-order valence-corrected chi connectivity index (χ1v) is 21.9. The van der Waals surface area contributed by atoms with Crippen LogP contribution in [-0.4, -0.2) is 0 Å². The summed E-state index contributed by atoms with van der Waals surface area (Å²) in [4.78, 5) is 2.42. The summed E-state index contributed by atoms with van der Waals surface area (Å²) in [5.41, 5.74) is 16.7. The number of anilines is 3. The van der Waals surface area contributed by atoms with Gasteiger partial charge in [0.15, 0.2) is 0 Å². The SMILES string of the molecule is c1ccc(-c2ccc(-c3ccc(N(c4ccc(-c5cccc6oc7c8ccccc8ccc7c56)cc4)c4cc(-c5ccc6ccccc6c5)ccc4-c4ccccc4)cc3)cc2)cc1. The van der Waals surface area contributed by atoms with Gasteiger partial charge < -0.3 is 9.32 Å². The van der Waals surface area contributed by atoms with Gasteiger partial charge in [-0.1, -0.05) is 200 Å². The first-order valence-electron chi connectivity index (χ1n) is 21.9. The molecule has 300 valence electrons. The van der Waals surface area contributed by atoms with Crippen LogP contribution in [0.25, 0.3) is 99.1 Å². The number of nitrogens with zero attached hydrogens (tertiary/aromatic N) is 1. The van der Waals surface area contributed by atoms with E-state index in [2.05, 4.69) is 254 Å². The molecule has 2 heteroatoms. The second-order valence-electron chi connectivity index (χ2n) is 16.5. The molecule has 1 heterocycles. The van der Waals surface area contributed by atoms with Gasteiger partial charge in [0, 0.05) is 33.1 Å². The Bertz CT molecular complexity index is 3630. The Morgan fingerprint density at radius 1 is 0.281 bits per heavy atom. The fraction of sp³-hybridized carbons (Fsp3) is 0. The average molecular weight is 816 g/mol. The van der Waals surface area contributed by atoms with Crippen molar-refractivity contribution in [1.29, 1.82) is 0 Å². The fourth-order valence-electron chi connectivity index (χ4n) is 9.43. The highest BCUT2D eigenvalue weighted by atomic mass is 16.3. The van der Waals surface area contributed by atoms with Gasteiger partial charge in [-0.05, 0) is 115 Å². The summed E-state index contributed by atoms with van der Waals surface area (Å²) in [6, 6.07) is 89.7. The number of fused-ring (bicyclic) bond motifs is 6. The minimum absolute atomic E-state index is 0.891. The van der Waals surface area contributed by atoms with Gasteiger partial charge in [-0.2, -0.15) is 0 Å². The minimum Gasteiger partial charge on any atom is -0.455 e. The molecule has 0 spiro atoms. The van der Waals surface area contributed by atoms with Gasteiger partial charge in [-0.25, -0.2) is 0 Å². The van der Waals surface area contributed by atoms with Crippen LogP contribution in [0.15, 0.2) is 253 Å². The van der Waals surface area contributed by atoms with Crippen molar-refractivity contribution < 1.29 is 4.42 Å². The quantitative estimate of drug-likeness (QED) is 0.152. The van der Waals surface area contributed by atoms with Crippen molar-refractivity contribution in [2.45, 2.75) is 0 Å². The minimum atomic E-state index is 0.891. The maximum atomic E-state index is 6.59. The van der Waals surface area contributed by atoms with Gasteiger partial charge >= 0.3 is 0 Å². The Morgan fingerprint density at radius 2 is 0.781 bits per heavy atom. The number of rotatable bonds is 8. The summed E-state index contributed by atoms with van der Waals surface area (Å²) < 4.78 is 6.59. The van der Waals surface area contributed by atoms with E-state index in [0.717, 1.165) is 72.2 Å². The lowest BCUT2D eigenvalue weighted by Gasteiger charge is -2.29. The molecule has 2 nitrogen and oxygen atoms in total. The molecule has 0 N–H and O–H groups in total. The van der Waals surface area contributed by atoms with Crippen LogP contribution >= 0.6 is 0 Å². The molecule has 0 atom stereocenters. The molecular weight excluding hydrogens is 775 g/mol. The van der Waals surface area contributed by atoms with Crippen molar-refractivity contribution in [2.24, 2.45) is 0 Å². The third kappa shape index (κ3) is 6.70. The second kappa shape index (κ2) is 15.8. The topological polar surface area (TPSA) is 16.4 Å². The average Bonchev–Trinajstić information content (AvgIpc) is 3.77. The highest BCUT2D eigenvalue weighted by Gasteiger charge is 2.20. The molecule has 1 aromatic heterocycles. The zero-order chi connectivity index (χ0) is 42.4. The molecule has 11 aromatic carbocycles. The van der Waals surface area contributed by atoms with Crippen LogP contribution in [0, 0.1) is 0 Å². The summed E-state index contributed by atoms with van der Waals surface area (Å²) in [5, 5.41) is 7.02. The van der Waals surface area contributed by atoms with Crippen LogP contribution in [-0.2, 0) is 0 Å². The van der Waals surface area contributed by atoms with E-state index in [1.54, 1.807) is 0 Å². The van der Waals surface area contributed by atoms with E-state index >= 15 is 0 Å². The van der Waals surface area contributed by atoms with E-state index in [0.29, 0.717) is 0 Å². The van der Waals surface area contributed by atoms with E-state index in [1.807, 2.05) is 0 Å². The van der Waals surface area contributed by atoms with Crippen molar-refractivity contribution in [1.82, 2.24) is 0 Å². The molecule has 0 aliphatic heterocycles. The van der Waals surface area contributed by atoms with Crippen molar-refractivity contribution in [3.63, 3.8) is 0 Å². The molecule has 0 radical (unpaired) electrons. The van der Waals surface area contributed by atoms with E-state index in [4.69, 9.17) is 4.42 Å². The molecule has 0 saturated carbocycles. The van der Waals surface area contributed by atoms with Gasteiger partial charge in [0.1, 0.15) is 11.2 Å². The number of hydrogen-bond acceptors (Lipinski definition) is 2. The van der Waals surface area contributed by atoms with Gasteiger partial charge in [0.25, 0.3) is 0 Å². The Labute approximate surface area is 372 Å². The second-order valence-corrected chi connectivity index (χ2v) is 16.5. The molecule has 12 aromatic rings. The van der Waals surface area contributed by atoms with E-state index in [1.165, 1.54) is 44.0 Å². The third-order valence-electron chi connectivity index (χ3n) is 12.7. The van der Waals surface area contributed by atoms with Crippen molar-refractivity contribution in [3.05, 3.63) is 249 Å². The highest BCUT2D eigenvalue weighted by Crippen LogP contribution is 2.45. The zero-order valence-electron chi connectivity index (χ0n) is 35.0. The summed E-state index contributed by atoms with van der Waals surface area (Å²) in [6.07, 6.45) is 0. The Balaban J connectivity index is 1.00. The fourth-order valence-corrected chi connectivity index (χ4v) is 9.43. The van der Waals surface area contributed by atoms with E-state index < -0.39 is 0 Å². The third-order valence-corrected chi connectivity index (χ3v) is 12.7. The van der Waals surface area contributed by atoms with Crippen molar-refractivity contribution in [3.8, 4) is 55.6 Å². The van der Waals surface area contributed by atoms with Crippen LogP contribution in [0.2, 0.25) is 0 Å². The molecule has 0 bridgehead atoms. The predicted octanol–water partition coefficient (Wildman–Crippen LogP) is 17.7. The van der Waals surface area contributed by atoms with Crippen LogP contribution in [0.1, 0.15) is 0 Å². The summed E-state index contributed by atoms with van der Waals surface area (Å²) >= 11 is 0. The molecule has 0 unspecified atom stereocenters. The lowest BCUT2D eigenvalue weighted by Crippen LogP contribution is -2.11. The molecule has 0 amide bonds. The van der Waals surface area contributed by atoms with E-state index in [9.17, 15) is 0 Å². The van der Waals surface area contributed by atoms with Crippen LogP contribution in [0.3, 0.4) is 0 Å². The summed E-state index contributed by atoms with van der Waals surface area (Å²) in [7, 11) is 0. The number of hydrogen-bond donors (Lipinski definition) is 0. The van der Waals surface area contributed by atoms with Gasteiger partial charge in [0.05, 0.1) is 5.69 Å². The van der Waals surface area contributed by atoms with Crippen LogP contribution < -0.4 is 4.90 Å². The monoisotopic (exact) mass is 815 g/mol. The first-order chi connectivity index (χ1) is 31.7. The number of benzene rings is 11. The Morgan fingerprint density at radius 3 is 1.48 bits per heavy atom. The summed E-state index contributed by atoms with van der Waals surface area (Å²) in [6.45, 7) is 0. The molecule has 64 heavy (non-hydrogen) atoms. The normalized spacial score (nSPS) is 11.4. The van der Waals surface area contributed by atoms with Gasteiger partial charge in [-0.15, -0.1) is 0 Å². The standard InChI is InChI=1S/C62H41NO/c1-3-12-42(13-4-1)44-22-24-45(25-23-44)46-28-34-53(35-29-46)63(59-41-52(33-38-55(59)47-15-5-2-6-16-47)51-27-26-43-14-7-8-18-50(43)40-51)54-36-30-49(31-37-54)56-20-11-21-60-61(56)58-39-32-48-17-9-10-19-57(48)62(58)64-60/h1-41H. The lowest BCUT2D eigenvalue weighted by molar-refractivity contribution is 0.673. The predicted molar refractivity (Wildman–Crippen MR) is 271 cm³/mol. The van der Waals surface area contributed by atoms with E-state index in [-0.39, 0.29) is 0 Å². The molecule has 12 rings (SSSR count). The van der Waals surface area contributed by atoms with Crippen LogP contribution in [0.5, 0.6) is 0 Å². The van der Waals surface area contributed by atoms with Crippen molar-refractivity contribution >= 4 is 60.5 Å². The lowest BCUT2D eigenvalue weighted by atomic mass is 9.95.